The zero-order valence-corrected chi connectivity index (χ0v) is 15.4. The number of amides is 1. The number of nitrogens with one attached hydrogen (secondary N) is 1. The van der Waals surface area contributed by atoms with Crippen molar-refractivity contribution in [3.8, 4) is 0 Å². The topological polar surface area (TPSA) is 76.9 Å². The minimum Gasteiger partial charge on any atom is -0.309 e. The number of rotatable bonds is 5. The number of anilines is 1. The molecule has 1 N–H and O–H groups in total. The predicted molar refractivity (Wildman–Crippen MR) is 96.7 cm³/mol. The smallest absolute Gasteiger partial charge is 0.309 e. The zero-order valence-electron chi connectivity index (χ0n) is 15.4. The van der Waals surface area contributed by atoms with Crippen molar-refractivity contribution >= 4 is 11.7 Å². The molecule has 1 atom stereocenters. The number of hydrogen-bond donors (Lipinski definition) is 1. The molecule has 0 aromatic carbocycles. The quantitative estimate of drug-likeness (QED) is 0.838. The monoisotopic (exact) mass is 394 g/mol. The van der Waals surface area contributed by atoms with Gasteiger partial charge in [-0.05, 0) is 30.9 Å². The number of carbonyl (C=O) groups is 1. The third-order valence-electron chi connectivity index (χ3n) is 4.95. The first-order valence-electron chi connectivity index (χ1n) is 9.13. The fourth-order valence-corrected chi connectivity index (χ4v) is 3.47. The molecule has 0 unspecified atom stereocenters. The summed E-state index contributed by atoms with van der Waals surface area (Å²) in [4.78, 5) is 32.4. The molecule has 6 nitrogen and oxygen atoms in total. The lowest BCUT2D eigenvalue weighted by atomic mass is 9.97. The van der Waals surface area contributed by atoms with Gasteiger partial charge < -0.3 is 5.32 Å². The van der Waals surface area contributed by atoms with Gasteiger partial charge in [-0.1, -0.05) is 31.7 Å². The summed E-state index contributed by atoms with van der Waals surface area (Å²) in [6, 6.07) is 2.30. The minimum absolute atomic E-state index is 0.177. The van der Waals surface area contributed by atoms with Gasteiger partial charge in [0.2, 0.25) is 5.91 Å². The van der Waals surface area contributed by atoms with Crippen molar-refractivity contribution in [2.75, 3.05) is 5.32 Å². The first kappa shape index (κ1) is 20.0. The van der Waals surface area contributed by atoms with Crippen LogP contribution in [0.3, 0.4) is 0 Å². The molecule has 1 amide bonds. The van der Waals surface area contributed by atoms with E-state index in [0.717, 1.165) is 35.8 Å². The van der Waals surface area contributed by atoms with E-state index < -0.39 is 29.4 Å². The fourth-order valence-electron chi connectivity index (χ4n) is 3.47. The Kier molecular flexibility index (Phi) is 5.81. The van der Waals surface area contributed by atoms with Crippen LogP contribution in [0, 0.1) is 12.8 Å². The van der Waals surface area contributed by atoms with E-state index in [2.05, 4.69) is 15.3 Å². The number of halogens is 3. The van der Waals surface area contributed by atoms with Crippen molar-refractivity contribution in [2.24, 2.45) is 5.92 Å². The van der Waals surface area contributed by atoms with Crippen LogP contribution in [0.15, 0.2) is 35.5 Å². The molecule has 0 saturated heterocycles. The Morgan fingerprint density at radius 2 is 1.96 bits per heavy atom. The Balaban J connectivity index is 1.93. The van der Waals surface area contributed by atoms with Gasteiger partial charge >= 0.3 is 6.18 Å². The first-order chi connectivity index (χ1) is 13.2. The van der Waals surface area contributed by atoms with Gasteiger partial charge in [0.05, 0.1) is 6.20 Å². The maximum Gasteiger partial charge on any atom is 0.434 e. The number of aromatic nitrogens is 3. The van der Waals surface area contributed by atoms with Crippen LogP contribution < -0.4 is 10.9 Å². The molecule has 0 aliphatic heterocycles. The SMILES string of the molecule is Cc1ccc(NC(=O)[C@H](CC2CCCC2)n2cc(C(F)(F)F)ncc2=O)nc1. The van der Waals surface area contributed by atoms with Gasteiger partial charge in [-0.3, -0.25) is 14.2 Å². The summed E-state index contributed by atoms with van der Waals surface area (Å²) < 4.78 is 40.0. The zero-order chi connectivity index (χ0) is 20.3. The number of nitrogens with zero attached hydrogens (tertiary/aromatic N) is 3. The van der Waals surface area contributed by atoms with Gasteiger partial charge in [0.15, 0.2) is 5.69 Å². The molecule has 0 bridgehead atoms. The summed E-state index contributed by atoms with van der Waals surface area (Å²) in [7, 11) is 0. The highest BCUT2D eigenvalue weighted by Crippen LogP contribution is 2.33. The van der Waals surface area contributed by atoms with Crippen LogP contribution in [-0.2, 0) is 11.0 Å². The molecule has 9 heteroatoms. The number of alkyl halides is 3. The fraction of sp³-hybridized carbons (Fsp3) is 0.474. The highest BCUT2D eigenvalue weighted by molar-refractivity contribution is 5.92. The number of pyridine rings is 1. The Morgan fingerprint density at radius 3 is 2.57 bits per heavy atom. The highest BCUT2D eigenvalue weighted by Gasteiger charge is 2.35. The summed E-state index contributed by atoms with van der Waals surface area (Å²) in [5.41, 5.74) is -1.05. The average molecular weight is 394 g/mol. The van der Waals surface area contributed by atoms with Crippen LogP contribution in [0.4, 0.5) is 19.0 Å². The van der Waals surface area contributed by atoms with E-state index >= 15 is 0 Å². The van der Waals surface area contributed by atoms with Gasteiger partial charge in [0, 0.05) is 12.4 Å². The predicted octanol–water partition coefficient (Wildman–Crippen LogP) is 3.73. The van der Waals surface area contributed by atoms with Crippen LogP contribution in [-0.4, -0.2) is 20.4 Å². The van der Waals surface area contributed by atoms with Crippen LogP contribution >= 0.6 is 0 Å². The molecule has 28 heavy (non-hydrogen) atoms. The lowest BCUT2D eigenvalue weighted by Crippen LogP contribution is -2.35. The average Bonchev–Trinajstić information content (AvgIpc) is 3.14. The maximum atomic E-state index is 13.1. The highest BCUT2D eigenvalue weighted by atomic mass is 19.4. The van der Waals surface area contributed by atoms with Crippen molar-refractivity contribution in [1.82, 2.24) is 14.5 Å². The second-order valence-corrected chi connectivity index (χ2v) is 7.13. The first-order valence-corrected chi connectivity index (χ1v) is 9.13. The second kappa shape index (κ2) is 8.12. The largest absolute Gasteiger partial charge is 0.434 e. The third kappa shape index (κ3) is 4.76. The molecule has 3 rings (SSSR count). The molecule has 0 radical (unpaired) electrons. The Morgan fingerprint density at radius 1 is 1.25 bits per heavy atom. The molecule has 1 aliphatic carbocycles. The van der Waals surface area contributed by atoms with Crippen molar-refractivity contribution in [2.45, 2.75) is 51.2 Å². The maximum absolute atomic E-state index is 13.1. The summed E-state index contributed by atoms with van der Waals surface area (Å²) in [5, 5.41) is 2.62. The van der Waals surface area contributed by atoms with Gasteiger partial charge in [0.25, 0.3) is 5.56 Å². The third-order valence-corrected chi connectivity index (χ3v) is 4.95. The van der Waals surface area contributed by atoms with E-state index in [1.165, 1.54) is 0 Å². The molecule has 1 saturated carbocycles. The lowest BCUT2D eigenvalue weighted by molar-refractivity contribution is -0.142. The normalized spacial score (nSPS) is 16.1. The van der Waals surface area contributed by atoms with Gasteiger partial charge in [0.1, 0.15) is 11.9 Å². The summed E-state index contributed by atoms with van der Waals surface area (Å²) in [6.07, 6.45) is 2.20. The van der Waals surface area contributed by atoms with E-state index in [-0.39, 0.29) is 11.7 Å². The molecule has 150 valence electrons. The molecule has 2 aromatic heterocycles. The van der Waals surface area contributed by atoms with Crippen molar-refractivity contribution in [3.05, 3.63) is 52.3 Å². The Hall–Kier alpha value is -2.71. The number of carbonyl (C=O) groups excluding carboxylic acids is 1. The summed E-state index contributed by atoms with van der Waals surface area (Å²) in [5.74, 6) is -0.106. The van der Waals surface area contributed by atoms with Crippen molar-refractivity contribution in [1.29, 1.82) is 0 Å². The standard InChI is InChI=1S/C19H21F3N4O2/c1-12-6-7-16(24-9-12)25-18(28)14(8-13-4-2-3-5-13)26-11-15(19(20,21)22)23-10-17(26)27/h6-7,9-11,13-14H,2-5,8H2,1H3,(H,24,25,28)/t14-/m0/s1. The van der Waals surface area contributed by atoms with Crippen molar-refractivity contribution < 1.29 is 18.0 Å². The van der Waals surface area contributed by atoms with Gasteiger partial charge in [-0.25, -0.2) is 9.97 Å². The van der Waals surface area contributed by atoms with E-state index in [1.54, 1.807) is 18.3 Å². The summed E-state index contributed by atoms with van der Waals surface area (Å²) >= 11 is 0. The molecular weight excluding hydrogens is 373 g/mol. The second-order valence-electron chi connectivity index (χ2n) is 7.13. The molecule has 1 fully saturated rings. The van der Waals surface area contributed by atoms with E-state index in [4.69, 9.17) is 0 Å². The van der Waals surface area contributed by atoms with Crippen LogP contribution in [0.2, 0.25) is 0 Å². The van der Waals surface area contributed by atoms with E-state index in [0.29, 0.717) is 18.8 Å². The molecule has 0 spiro atoms. The molecule has 1 aliphatic rings. The molecule has 2 heterocycles. The van der Waals surface area contributed by atoms with Crippen LogP contribution in [0.5, 0.6) is 0 Å². The van der Waals surface area contributed by atoms with Gasteiger partial charge in [-0.15, -0.1) is 0 Å². The number of aryl methyl sites for hydroxylation is 1. The Bertz CT molecular complexity index is 887. The van der Waals surface area contributed by atoms with Gasteiger partial charge in [-0.2, -0.15) is 13.2 Å². The van der Waals surface area contributed by atoms with Crippen LogP contribution in [0.1, 0.15) is 49.4 Å². The van der Waals surface area contributed by atoms with Crippen molar-refractivity contribution in [3.63, 3.8) is 0 Å². The van der Waals surface area contributed by atoms with E-state index in [1.807, 2.05) is 6.92 Å². The number of hydrogen-bond acceptors (Lipinski definition) is 4. The van der Waals surface area contributed by atoms with E-state index in [9.17, 15) is 22.8 Å². The molecular formula is C19H21F3N4O2. The molecule has 2 aromatic rings. The Labute approximate surface area is 159 Å². The van der Waals surface area contributed by atoms with Crippen LogP contribution in [0.25, 0.3) is 0 Å². The minimum atomic E-state index is -4.71. The summed E-state index contributed by atoms with van der Waals surface area (Å²) in [6.45, 7) is 1.84. The lowest BCUT2D eigenvalue weighted by Gasteiger charge is -2.23.